The van der Waals surface area contributed by atoms with Gasteiger partial charge in [-0.1, -0.05) is 18.2 Å². The smallest absolute Gasteiger partial charge is 0.251 e. The van der Waals surface area contributed by atoms with Gasteiger partial charge in [0.2, 0.25) is 0 Å². The maximum Gasteiger partial charge on any atom is 0.251 e. The lowest BCUT2D eigenvalue weighted by Crippen LogP contribution is -2.26. The number of rotatable bonds is 4. The third kappa shape index (κ3) is 3.26. The number of hydrogen-bond acceptors (Lipinski definition) is 1. The second-order valence-corrected chi connectivity index (χ2v) is 6.08. The molecule has 1 amide bonds. The van der Waals surface area contributed by atoms with Gasteiger partial charge in [-0.25, -0.2) is 0 Å². The van der Waals surface area contributed by atoms with E-state index in [4.69, 9.17) is 0 Å². The van der Waals surface area contributed by atoms with Gasteiger partial charge in [0.1, 0.15) is 0 Å². The van der Waals surface area contributed by atoms with E-state index in [1.54, 1.807) is 0 Å². The third-order valence-electron chi connectivity index (χ3n) is 3.41. The van der Waals surface area contributed by atoms with E-state index in [9.17, 15) is 4.79 Å². The van der Waals surface area contributed by atoms with Crippen LogP contribution >= 0.6 is 22.6 Å². The van der Waals surface area contributed by atoms with Gasteiger partial charge in [0.25, 0.3) is 5.91 Å². The number of nitrogens with zero attached hydrogens (tertiary/aromatic N) is 1. The average molecular weight is 390 g/mol. The summed E-state index contributed by atoms with van der Waals surface area (Å²) >= 11 is 2.31. The molecule has 0 aliphatic heterocycles. The van der Waals surface area contributed by atoms with Gasteiger partial charge in [0, 0.05) is 39.3 Å². The predicted octanol–water partition coefficient (Wildman–Crippen LogP) is 3.68. The molecule has 3 aromatic rings. The fraction of sp³-hybridized carbons (Fsp3) is 0.118. The molecule has 0 aliphatic carbocycles. The van der Waals surface area contributed by atoms with Crippen LogP contribution in [0.15, 0.2) is 60.8 Å². The molecular formula is C17H15IN2O. The van der Waals surface area contributed by atoms with Crippen molar-refractivity contribution in [1.82, 2.24) is 9.88 Å². The Kier molecular flexibility index (Phi) is 4.24. The number of halogens is 1. The molecule has 1 N–H and O–H groups in total. The van der Waals surface area contributed by atoms with Crippen molar-refractivity contribution in [3.63, 3.8) is 0 Å². The van der Waals surface area contributed by atoms with Gasteiger partial charge < -0.3 is 9.88 Å². The number of nitrogens with one attached hydrogen (secondary N) is 1. The number of fused-ring (bicyclic) bond motifs is 1. The van der Waals surface area contributed by atoms with E-state index in [2.05, 4.69) is 62.9 Å². The number of benzene rings is 2. The Balaban J connectivity index is 1.63. The van der Waals surface area contributed by atoms with Crippen molar-refractivity contribution in [2.45, 2.75) is 6.54 Å². The van der Waals surface area contributed by atoms with Crippen LogP contribution in [0.2, 0.25) is 0 Å². The second-order valence-electron chi connectivity index (χ2n) is 4.83. The summed E-state index contributed by atoms with van der Waals surface area (Å²) in [5, 5.41) is 4.18. The van der Waals surface area contributed by atoms with E-state index < -0.39 is 0 Å². The lowest BCUT2D eigenvalue weighted by molar-refractivity contribution is 0.0952. The van der Waals surface area contributed by atoms with Crippen LogP contribution in [0.25, 0.3) is 10.9 Å². The highest BCUT2D eigenvalue weighted by Gasteiger charge is 2.05. The monoisotopic (exact) mass is 390 g/mol. The number of aromatic nitrogens is 1. The molecule has 0 atom stereocenters. The van der Waals surface area contributed by atoms with E-state index in [-0.39, 0.29) is 5.91 Å². The summed E-state index contributed by atoms with van der Waals surface area (Å²) in [7, 11) is 0. The van der Waals surface area contributed by atoms with E-state index in [0.717, 1.165) is 6.54 Å². The third-order valence-corrected chi connectivity index (χ3v) is 4.08. The zero-order valence-electron chi connectivity index (χ0n) is 11.4. The summed E-state index contributed by atoms with van der Waals surface area (Å²) in [4.78, 5) is 12.0. The zero-order valence-corrected chi connectivity index (χ0v) is 13.6. The van der Waals surface area contributed by atoms with Crippen molar-refractivity contribution in [3.05, 3.63) is 69.9 Å². The maximum absolute atomic E-state index is 12.0. The highest BCUT2D eigenvalue weighted by atomic mass is 127. The molecule has 0 radical (unpaired) electrons. The lowest BCUT2D eigenvalue weighted by Gasteiger charge is -2.08. The summed E-state index contributed by atoms with van der Waals surface area (Å²) < 4.78 is 3.40. The van der Waals surface area contributed by atoms with Gasteiger partial charge >= 0.3 is 0 Å². The fourth-order valence-corrected chi connectivity index (χ4v) is 2.86. The van der Waals surface area contributed by atoms with Gasteiger partial charge in [-0.2, -0.15) is 0 Å². The topological polar surface area (TPSA) is 34.0 Å². The van der Waals surface area contributed by atoms with Gasteiger partial charge in [-0.15, -0.1) is 0 Å². The number of carbonyl (C=O) groups excluding carboxylic acids is 1. The Morgan fingerprint density at radius 3 is 2.71 bits per heavy atom. The lowest BCUT2D eigenvalue weighted by atomic mass is 10.2. The molecule has 0 saturated carbocycles. The Morgan fingerprint density at radius 2 is 1.90 bits per heavy atom. The first-order valence-corrected chi connectivity index (χ1v) is 7.89. The molecule has 1 heterocycles. The summed E-state index contributed by atoms with van der Waals surface area (Å²) in [6.45, 7) is 1.38. The minimum atomic E-state index is -0.0263. The van der Waals surface area contributed by atoms with Gasteiger partial charge in [0.05, 0.1) is 0 Å². The predicted molar refractivity (Wildman–Crippen MR) is 93.4 cm³/mol. The van der Waals surface area contributed by atoms with Crippen LogP contribution < -0.4 is 5.32 Å². The van der Waals surface area contributed by atoms with Gasteiger partial charge in [-0.3, -0.25) is 4.79 Å². The summed E-state index contributed by atoms with van der Waals surface area (Å²) in [5.74, 6) is -0.0263. The van der Waals surface area contributed by atoms with Gasteiger partial charge in [-0.05, 0) is 59.0 Å². The summed E-state index contributed by atoms with van der Waals surface area (Å²) in [6.07, 6.45) is 2.06. The fourth-order valence-electron chi connectivity index (χ4n) is 2.35. The van der Waals surface area contributed by atoms with Crippen molar-refractivity contribution < 1.29 is 4.79 Å². The minimum absolute atomic E-state index is 0.0263. The van der Waals surface area contributed by atoms with Crippen molar-refractivity contribution >= 4 is 39.4 Å². The van der Waals surface area contributed by atoms with Crippen LogP contribution in [-0.2, 0) is 6.54 Å². The second kappa shape index (κ2) is 6.30. The summed E-state index contributed by atoms with van der Waals surface area (Å²) in [6, 6.07) is 17.8. The number of amides is 1. The first-order chi connectivity index (χ1) is 10.2. The van der Waals surface area contributed by atoms with E-state index in [0.29, 0.717) is 12.1 Å². The van der Waals surface area contributed by atoms with Gasteiger partial charge in [0.15, 0.2) is 0 Å². The molecule has 0 spiro atoms. The van der Waals surface area contributed by atoms with E-state index in [1.807, 2.05) is 30.3 Å². The van der Waals surface area contributed by atoms with Crippen molar-refractivity contribution in [2.75, 3.05) is 6.54 Å². The minimum Gasteiger partial charge on any atom is -0.350 e. The quantitative estimate of drug-likeness (QED) is 0.678. The average Bonchev–Trinajstić information content (AvgIpc) is 2.90. The van der Waals surface area contributed by atoms with Crippen molar-refractivity contribution in [1.29, 1.82) is 0 Å². The molecule has 4 heteroatoms. The summed E-state index contributed by atoms with van der Waals surface area (Å²) in [5.41, 5.74) is 1.90. The van der Waals surface area contributed by atoms with E-state index in [1.165, 1.54) is 14.5 Å². The molecule has 21 heavy (non-hydrogen) atoms. The first kappa shape index (κ1) is 14.1. The van der Waals surface area contributed by atoms with Crippen molar-refractivity contribution in [2.24, 2.45) is 0 Å². The Morgan fingerprint density at radius 1 is 1.10 bits per heavy atom. The highest BCUT2D eigenvalue weighted by Crippen LogP contribution is 2.18. The molecule has 0 unspecified atom stereocenters. The van der Waals surface area contributed by atoms with Crippen LogP contribution in [0.1, 0.15) is 10.4 Å². The Bertz CT molecular complexity index is 765. The molecule has 0 bridgehead atoms. The van der Waals surface area contributed by atoms with Crippen LogP contribution in [0, 0.1) is 3.57 Å². The highest BCUT2D eigenvalue weighted by molar-refractivity contribution is 14.1. The molecule has 0 saturated heterocycles. The van der Waals surface area contributed by atoms with Crippen molar-refractivity contribution in [3.8, 4) is 0 Å². The molecular weight excluding hydrogens is 375 g/mol. The molecule has 3 rings (SSSR count). The van der Waals surface area contributed by atoms with Crippen LogP contribution in [0.4, 0.5) is 0 Å². The number of hydrogen-bond donors (Lipinski definition) is 1. The van der Waals surface area contributed by atoms with Crippen LogP contribution in [0.3, 0.4) is 0 Å². The zero-order chi connectivity index (χ0) is 14.7. The molecule has 3 nitrogen and oxygen atoms in total. The molecule has 2 aromatic carbocycles. The van der Waals surface area contributed by atoms with Crippen LogP contribution in [0.5, 0.6) is 0 Å². The molecule has 106 valence electrons. The van der Waals surface area contributed by atoms with Crippen LogP contribution in [-0.4, -0.2) is 17.0 Å². The number of carbonyl (C=O) groups is 1. The largest absolute Gasteiger partial charge is 0.350 e. The Labute approximate surface area is 137 Å². The molecule has 1 aromatic heterocycles. The molecule has 0 aliphatic rings. The SMILES string of the molecule is O=C(NCCn1ccc2cc(I)ccc21)c1ccccc1. The maximum atomic E-state index is 12.0. The van der Waals surface area contributed by atoms with E-state index >= 15 is 0 Å². The standard InChI is InChI=1S/C17H15IN2O/c18-15-6-7-16-14(12-15)8-10-20(16)11-9-19-17(21)13-4-2-1-3-5-13/h1-8,10,12H,9,11H2,(H,19,21). The first-order valence-electron chi connectivity index (χ1n) is 6.82. The Hall–Kier alpha value is -1.82. The molecule has 0 fully saturated rings. The normalized spacial score (nSPS) is 10.7.